The Morgan fingerprint density at radius 2 is 2.35 bits per heavy atom. The molecule has 0 radical (unpaired) electrons. The molecule has 0 saturated heterocycles. The summed E-state index contributed by atoms with van der Waals surface area (Å²) in [6, 6.07) is 7.44. The van der Waals surface area contributed by atoms with Crippen LogP contribution in [0.25, 0.3) is 0 Å². The van der Waals surface area contributed by atoms with Gasteiger partial charge in [-0.1, -0.05) is 13.0 Å². The Balaban J connectivity index is 1.97. The number of benzene rings is 1. The SMILES string of the molecule is CCSCC(C)NC1CCc2cc(N)ccc21. The maximum Gasteiger partial charge on any atom is 0.0328 e. The third-order valence-corrected chi connectivity index (χ3v) is 4.45. The lowest BCUT2D eigenvalue weighted by molar-refractivity contribution is 0.479. The van der Waals surface area contributed by atoms with Crippen LogP contribution in [0.15, 0.2) is 18.2 Å². The number of nitrogens with one attached hydrogen (secondary N) is 1. The molecule has 94 valence electrons. The Labute approximate surface area is 108 Å². The number of nitrogen functional groups attached to an aromatic ring is 1. The fourth-order valence-corrected chi connectivity index (χ4v) is 3.18. The topological polar surface area (TPSA) is 38.0 Å². The molecule has 0 amide bonds. The van der Waals surface area contributed by atoms with Crippen molar-refractivity contribution < 1.29 is 0 Å². The highest BCUT2D eigenvalue weighted by Crippen LogP contribution is 2.32. The van der Waals surface area contributed by atoms with Crippen LogP contribution in [0, 0.1) is 0 Å². The Morgan fingerprint density at radius 3 is 3.12 bits per heavy atom. The van der Waals surface area contributed by atoms with Crippen molar-refractivity contribution in [1.82, 2.24) is 5.32 Å². The third-order valence-electron chi connectivity index (χ3n) is 3.30. The molecular weight excluding hydrogens is 228 g/mol. The zero-order valence-corrected chi connectivity index (χ0v) is 11.5. The van der Waals surface area contributed by atoms with Gasteiger partial charge in [0.15, 0.2) is 0 Å². The van der Waals surface area contributed by atoms with Gasteiger partial charge in [0.25, 0.3) is 0 Å². The largest absolute Gasteiger partial charge is 0.399 e. The van der Waals surface area contributed by atoms with Crippen LogP contribution in [-0.4, -0.2) is 17.5 Å². The van der Waals surface area contributed by atoms with E-state index < -0.39 is 0 Å². The van der Waals surface area contributed by atoms with Gasteiger partial charge < -0.3 is 11.1 Å². The molecular formula is C14H22N2S. The second-order valence-corrected chi connectivity index (χ2v) is 6.10. The molecule has 3 N–H and O–H groups in total. The highest BCUT2D eigenvalue weighted by atomic mass is 32.2. The minimum Gasteiger partial charge on any atom is -0.399 e. The number of rotatable bonds is 5. The molecule has 1 aliphatic carbocycles. The zero-order chi connectivity index (χ0) is 12.3. The molecule has 1 aromatic carbocycles. The van der Waals surface area contributed by atoms with Crippen molar-refractivity contribution in [3.63, 3.8) is 0 Å². The molecule has 2 rings (SSSR count). The van der Waals surface area contributed by atoms with Gasteiger partial charge in [-0.2, -0.15) is 11.8 Å². The summed E-state index contributed by atoms with van der Waals surface area (Å²) in [4.78, 5) is 0. The summed E-state index contributed by atoms with van der Waals surface area (Å²) in [5.74, 6) is 2.39. The molecule has 3 heteroatoms. The number of fused-ring (bicyclic) bond motifs is 1. The molecule has 2 atom stereocenters. The number of thioether (sulfide) groups is 1. The smallest absolute Gasteiger partial charge is 0.0328 e. The fourth-order valence-electron chi connectivity index (χ4n) is 2.50. The van der Waals surface area contributed by atoms with Gasteiger partial charge in [0.1, 0.15) is 0 Å². The summed E-state index contributed by atoms with van der Waals surface area (Å²) >= 11 is 2.00. The molecule has 2 unspecified atom stereocenters. The maximum absolute atomic E-state index is 5.82. The number of hydrogen-bond acceptors (Lipinski definition) is 3. The number of hydrogen-bond donors (Lipinski definition) is 2. The molecule has 0 bridgehead atoms. The molecule has 0 spiro atoms. The van der Waals surface area contributed by atoms with E-state index in [1.54, 1.807) is 0 Å². The van der Waals surface area contributed by atoms with Crippen LogP contribution in [0.2, 0.25) is 0 Å². The van der Waals surface area contributed by atoms with Gasteiger partial charge in [0.05, 0.1) is 0 Å². The van der Waals surface area contributed by atoms with Crippen LogP contribution in [0.1, 0.15) is 37.4 Å². The summed E-state index contributed by atoms with van der Waals surface area (Å²) in [5.41, 5.74) is 9.59. The first-order valence-electron chi connectivity index (χ1n) is 6.42. The quantitative estimate of drug-likeness (QED) is 0.789. The van der Waals surface area contributed by atoms with E-state index in [2.05, 4.69) is 31.3 Å². The van der Waals surface area contributed by atoms with Gasteiger partial charge in [-0.25, -0.2) is 0 Å². The summed E-state index contributed by atoms with van der Waals surface area (Å²) in [5, 5.41) is 3.73. The Hall–Kier alpha value is -0.670. The predicted octanol–water partition coefficient (Wildman–Crippen LogP) is 2.99. The van der Waals surface area contributed by atoms with Crippen LogP contribution >= 0.6 is 11.8 Å². The lowest BCUT2D eigenvalue weighted by Crippen LogP contribution is -2.31. The van der Waals surface area contributed by atoms with E-state index in [-0.39, 0.29) is 0 Å². The van der Waals surface area contributed by atoms with E-state index in [9.17, 15) is 0 Å². The van der Waals surface area contributed by atoms with Crippen molar-refractivity contribution in [3.8, 4) is 0 Å². The van der Waals surface area contributed by atoms with Crippen molar-refractivity contribution in [2.24, 2.45) is 0 Å². The van der Waals surface area contributed by atoms with Crippen LogP contribution in [0.3, 0.4) is 0 Å². The molecule has 0 aliphatic heterocycles. The highest BCUT2D eigenvalue weighted by molar-refractivity contribution is 7.99. The molecule has 0 saturated carbocycles. The minimum absolute atomic E-state index is 0.526. The lowest BCUT2D eigenvalue weighted by atomic mass is 10.1. The zero-order valence-electron chi connectivity index (χ0n) is 10.7. The van der Waals surface area contributed by atoms with E-state index in [0.29, 0.717) is 12.1 Å². The van der Waals surface area contributed by atoms with E-state index in [1.807, 2.05) is 17.8 Å². The van der Waals surface area contributed by atoms with Crippen LogP contribution in [0.5, 0.6) is 0 Å². The monoisotopic (exact) mass is 250 g/mol. The van der Waals surface area contributed by atoms with E-state index in [0.717, 1.165) is 12.1 Å². The van der Waals surface area contributed by atoms with Gasteiger partial charge in [0.2, 0.25) is 0 Å². The van der Waals surface area contributed by atoms with Gasteiger partial charge in [0, 0.05) is 23.5 Å². The van der Waals surface area contributed by atoms with Crippen LogP contribution < -0.4 is 11.1 Å². The van der Waals surface area contributed by atoms with Gasteiger partial charge in [-0.15, -0.1) is 0 Å². The standard InChI is InChI=1S/C14H22N2S/c1-3-17-9-10(2)16-14-7-4-11-8-12(15)5-6-13(11)14/h5-6,8,10,14,16H,3-4,7,9,15H2,1-2H3. The predicted molar refractivity (Wildman–Crippen MR) is 77.5 cm³/mol. The first-order chi connectivity index (χ1) is 8.20. The molecule has 1 aromatic rings. The van der Waals surface area contributed by atoms with Gasteiger partial charge >= 0.3 is 0 Å². The van der Waals surface area contributed by atoms with Gasteiger partial charge in [-0.3, -0.25) is 0 Å². The second kappa shape index (κ2) is 5.78. The maximum atomic E-state index is 5.82. The first kappa shape index (κ1) is 12.8. The van der Waals surface area contributed by atoms with Crippen molar-refractivity contribution in [2.45, 2.75) is 38.8 Å². The Bertz CT molecular complexity index is 378. The number of anilines is 1. The van der Waals surface area contributed by atoms with Crippen LogP contribution in [-0.2, 0) is 6.42 Å². The number of aryl methyl sites for hydroxylation is 1. The minimum atomic E-state index is 0.526. The molecule has 0 heterocycles. The van der Waals surface area contributed by atoms with Crippen molar-refractivity contribution in [1.29, 1.82) is 0 Å². The summed E-state index contributed by atoms with van der Waals surface area (Å²) in [7, 11) is 0. The fraction of sp³-hybridized carbons (Fsp3) is 0.571. The average Bonchev–Trinajstić information content (AvgIpc) is 2.69. The molecule has 2 nitrogen and oxygen atoms in total. The first-order valence-corrected chi connectivity index (χ1v) is 7.58. The summed E-state index contributed by atoms with van der Waals surface area (Å²) < 4.78 is 0. The normalized spacial score (nSPS) is 20.2. The highest BCUT2D eigenvalue weighted by Gasteiger charge is 2.23. The second-order valence-electron chi connectivity index (χ2n) is 4.78. The molecule has 0 fully saturated rings. The lowest BCUT2D eigenvalue weighted by Gasteiger charge is -2.20. The molecule has 0 aromatic heterocycles. The average molecular weight is 250 g/mol. The number of nitrogens with two attached hydrogens (primary N) is 1. The third kappa shape index (κ3) is 3.17. The van der Waals surface area contributed by atoms with Crippen molar-refractivity contribution in [3.05, 3.63) is 29.3 Å². The van der Waals surface area contributed by atoms with Gasteiger partial charge in [-0.05, 0) is 48.8 Å². The van der Waals surface area contributed by atoms with E-state index in [1.165, 1.54) is 29.1 Å². The van der Waals surface area contributed by atoms with Crippen molar-refractivity contribution >= 4 is 17.4 Å². The Kier molecular flexibility index (Phi) is 4.35. The van der Waals surface area contributed by atoms with Crippen LogP contribution in [0.4, 0.5) is 5.69 Å². The van der Waals surface area contributed by atoms with Crippen molar-refractivity contribution in [2.75, 3.05) is 17.2 Å². The molecule has 1 aliphatic rings. The van der Waals surface area contributed by atoms with E-state index in [4.69, 9.17) is 5.73 Å². The van der Waals surface area contributed by atoms with E-state index >= 15 is 0 Å². The summed E-state index contributed by atoms with van der Waals surface area (Å²) in [6.07, 6.45) is 2.37. The molecule has 17 heavy (non-hydrogen) atoms. The summed E-state index contributed by atoms with van der Waals surface area (Å²) in [6.45, 7) is 4.49. The Morgan fingerprint density at radius 1 is 1.53 bits per heavy atom.